The number of anilines is 1. The van der Waals surface area contributed by atoms with Crippen LogP contribution in [-0.4, -0.2) is 53.9 Å². The first-order valence-corrected chi connectivity index (χ1v) is 11.7. The van der Waals surface area contributed by atoms with E-state index in [1.165, 1.54) is 4.90 Å². The average molecular weight is 482 g/mol. The molecule has 1 N–H and O–H groups in total. The van der Waals surface area contributed by atoms with Gasteiger partial charge in [0.25, 0.3) is 0 Å². The number of hydrogen-bond acceptors (Lipinski definition) is 6. The number of esters is 1. The zero-order valence-corrected chi connectivity index (χ0v) is 20.1. The lowest BCUT2D eigenvalue weighted by molar-refractivity contribution is -0.154. The normalized spacial score (nSPS) is 21.2. The highest BCUT2D eigenvalue weighted by molar-refractivity contribution is 6.32. The van der Waals surface area contributed by atoms with Crippen molar-refractivity contribution in [3.63, 3.8) is 0 Å². The van der Waals surface area contributed by atoms with Crippen LogP contribution in [0.5, 0.6) is 5.75 Å². The molecule has 174 valence electrons. The van der Waals surface area contributed by atoms with E-state index in [-0.39, 0.29) is 30.5 Å². The Labute approximate surface area is 198 Å². The number of nitrogens with zero attached hydrogens (tertiary/aromatic N) is 2. The fourth-order valence-corrected chi connectivity index (χ4v) is 4.00. The van der Waals surface area contributed by atoms with E-state index in [1.807, 2.05) is 19.9 Å². The van der Waals surface area contributed by atoms with Crippen LogP contribution < -0.4 is 10.1 Å². The number of carbonyl (C=O) groups excluding carboxylic acids is 2. The van der Waals surface area contributed by atoms with Crippen LogP contribution in [0, 0.1) is 5.92 Å². The summed E-state index contributed by atoms with van der Waals surface area (Å²) in [5, 5.41) is 3.75. The number of carbonyl (C=O) groups is 2. The van der Waals surface area contributed by atoms with E-state index in [0.717, 1.165) is 24.8 Å². The fraction of sp³-hybridized carbons (Fsp3) is 0.522. The van der Waals surface area contributed by atoms with Crippen LogP contribution >= 0.6 is 23.2 Å². The lowest BCUT2D eigenvalue weighted by Gasteiger charge is -2.33. The van der Waals surface area contributed by atoms with Crippen LogP contribution in [0.2, 0.25) is 5.02 Å². The highest BCUT2D eigenvalue weighted by Crippen LogP contribution is 2.30. The van der Waals surface area contributed by atoms with Crippen molar-refractivity contribution in [3.05, 3.63) is 34.9 Å². The van der Waals surface area contributed by atoms with Gasteiger partial charge >= 0.3 is 5.97 Å². The molecule has 1 aromatic carbocycles. The Balaban J connectivity index is 1.83. The Bertz CT molecular complexity index is 917. The maximum absolute atomic E-state index is 13.2. The Hall–Kier alpha value is -2.25. The van der Waals surface area contributed by atoms with E-state index in [0.29, 0.717) is 29.0 Å². The molecule has 0 bridgehead atoms. The summed E-state index contributed by atoms with van der Waals surface area (Å²) >= 11 is 12.6. The second-order valence-electron chi connectivity index (χ2n) is 8.06. The van der Waals surface area contributed by atoms with Gasteiger partial charge in [-0.3, -0.25) is 19.5 Å². The number of halogens is 2. The highest BCUT2D eigenvalue weighted by atomic mass is 35.5. The molecule has 3 rings (SSSR count). The van der Waals surface area contributed by atoms with Crippen molar-refractivity contribution in [2.45, 2.75) is 51.5 Å². The number of rotatable bonds is 7. The summed E-state index contributed by atoms with van der Waals surface area (Å²) < 4.78 is 10.8. The predicted molar refractivity (Wildman–Crippen MR) is 127 cm³/mol. The molecule has 2 atom stereocenters. The van der Waals surface area contributed by atoms with Crippen LogP contribution in [0.4, 0.5) is 5.69 Å². The monoisotopic (exact) mass is 481 g/mol. The number of guanidine groups is 1. The van der Waals surface area contributed by atoms with Gasteiger partial charge in [0.2, 0.25) is 11.9 Å². The largest absolute Gasteiger partial charge is 0.489 e. The van der Waals surface area contributed by atoms with Crippen molar-refractivity contribution in [2.24, 2.45) is 10.9 Å². The van der Waals surface area contributed by atoms with E-state index in [1.54, 1.807) is 19.1 Å². The second kappa shape index (κ2) is 11.1. The molecule has 1 amide bonds. The van der Waals surface area contributed by atoms with Crippen LogP contribution in [0.25, 0.3) is 0 Å². The smallest absolute Gasteiger partial charge is 0.320 e. The van der Waals surface area contributed by atoms with Crippen LogP contribution in [-0.2, 0) is 14.3 Å². The first-order chi connectivity index (χ1) is 15.3. The number of hydrogen-bond donors (Lipinski definition) is 1. The topological polar surface area (TPSA) is 80.2 Å². The van der Waals surface area contributed by atoms with E-state index in [4.69, 9.17) is 32.7 Å². The fourth-order valence-electron chi connectivity index (χ4n) is 3.57. The molecular formula is C23H29Cl2N3O4. The summed E-state index contributed by atoms with van der Waals surface area (Å²) in [5.41, 5.74) is 1.75. The summed E-state index contributed by atoms with van der Waals surface area (Å²) in [6, 6.07) is 5.30. The van der Waals surface area contributed by atoms with Gasteiger partial charge < -0.3 is 14.8 Å². The predicted octanol–water partition coefficient (Wildman–Crippen LogP) is 4.63. The summed E-state index contributed by atoms with van der Waals surface area (Å²) in [5.74, 6) is -0.882. The van der Waals surface area contributed by atoms with Crippen LogP contribution in [0.3, 0.4) is 0 Å². The highest BCUT2D eigenvalue weighted by Gasteiger charge is 2.38. The molecular weight excluding hydrogens is 453 g/mol. The number of nitrogens with one attached hydrogen (secondary N) is 1. The number of allylic oxidation sites excluding steroid dienone is 1. The van der Waals surface area contributed by atoms with Crippen molar-refractivity contribution < 1.29 is 19.1 Å². The second-order valence-corrected chi connectivity index (χ2v) is 9.09. The summed E-state index contributed by atoms with van der Waals surface area (Å²) in [7, 11) is 0. The standard InChI is InChI=1S/C23H29Cl2N3O4/c1-4-31-22(30)18-12-26-23(27-17-9-10-20(19(25)11-17)32-14(2)3)28(21(18)29)13-15-5-7-16(24)8-6-15/h5,9-11,14,16,18H,4,6-8,12-13H2,1-3H3,(H,26,27). The summed E-state index contributed by atoms with van der Waals surface area (Å²) in [6.45, 7) is 6.15. The van der Waals surface area contributed by atoms with Gasteiger partial charge in [0.1, 0.15) is 5.75 Å². The Morgan fingerprint density at radius 2 is 2.16 bits per heavy atom. The molecule has 0 saturated carbocycles. The molecule has 0 fully saturated rings. The minimum atomic E-state index is -0.948. The third-order valence-electron chi connectivity index (χ3n) is 5.17. The maximum Gasteiger partial charge on any atom is 0.320 e. The number of benzene rings is 1. The zero-order valence-electron chi connectivity index (χ0n) is 18.6. The maximum atomic E-state index is 13.2. The van der Waals surface area contributed by atoms with Gasteiger partial charge in [-0.25, -0.2) is 0 Å². The first kappa shape index (κ1) is 24.4. The van der Waals surface area contributed by atoms with Gasteiger partial charge in [0.15, 0.2) is 5.92 Å². The minimum Gasteiger partial charge on any atom is -0.489 e. The number of amides is 1. The SMILES string of the molecule is CCOC(=O)C1CN=C(Nc2ccc(OC(C)C)c(Cl)c2)N(CC2=CCC(Cl)CC2)C1=O. The van der Waals surface area contributed by atoms with Gasteiger partial charge in [0.05, 0.1) is 24.3 Å². The van der Waals surface area contributed by atoms with E-state index in [9.17, 15) is 9.59 Å². The molecule has 1 aliphatic heterocycles. The molecule has 2 unspecified atom stereocenters. The number of alkyl halides is 1. The lowest BCUT2D eigenvalue weighted by Crippen LogP contribution is -2.51. The molecule has 1 aliphatic carbocycles. The summed E-state index contributed by atoms with van der Waals surface area (Å²) in [4.78, 5) is 31.5. The third kappa shape index (κ3) is 6.17. The molecule has 1 heterocycles. The van der Waals surface area contributed by atoms with Gasteiger partial charge in [-0.2, -0.15) is 0 Å². The van der Waals surface area contributed by atoms with Crippen molar-refractivity contribution in [2.75, 3.05) is 25.0 Å². The minimum absolute atomic E-state index is 0.00157. The quantitative estimate of drug-likeness (QED) is 0.265. The lowest BCUT2D eigenvalue weighted by atomic mass is 9.98. The Morgan fingerprint density at radius 3 is 2.78 bits per heavy atom. The van der Waals surface area contributed by atoms with Crippen molar-refractivity contribution in [3.8, 4) is 5.75 Å². The Morgan fingerprint density at radius 1 is 1.38 bits per heavy atom. The van der Waals surface area contributed by atoms with E-state index < -0.39 is 11.9 Å². The molecule has 0 spiro atoms. The molecule has 9 heteroatoms. The number of ether oxygens (including phenoxy) is 2. The van der Waals surface area contributed by atoms with Crippen LogP contribution in [0.15, 0.2) is 34.8 Å². The Kier molecular flexibility index (Phi) is 8.43. The molecule has 1 aromatic rings. The van der Waals surface area contributed by atoms with Gasteiger partial charge in [-0.05, 0) is 58.2 Å². The van der Waals surface area contributed by atoms with Crippen molar-refractivity contribution in [1.29, 1.82) is 0 Å². The average Bonchev–Trinajstić information content (AvgIpc) is 2.74. The molecule has 7 nitrogen and oxygen atoms in total. The van der Waals surface area contributed by atoms with Crippen LogP contribution in [0.1, 0.15) is 40.0 Å². The van der Waals surface area contributed by atoms with Crippen molar-refractivity contribution >= 4 is 46.7 Å². The molecule has 2 aliphatic rings. The molecule has 0 radical (unpaired) electrons. The first-order valence-electron chi connectivity index (χ1n) is 10.9. The van der Waals surface area contributed by atoms with Gasteiger partial charge in [-0.15, -0.1) is 11.6 Å². The van der Waals surface area contributed by atoms with E-state index in [2.05, 4.69) is 16.4 Å². The number of aliphatic imine (C=N–C) groups is 1. The molecule has 0 aromatic heterocycles. The van der Waals surface area contributed by atoms with Crippen molar-refractivity contribution in [1.82, 2.24) is 4.90 Å². The van der Waals surface area contributed by atoms with E-state index >= 15 is 0 Å². The third-order valence-corrected chi connectivity index (χ3v) is 5.86. The molecule has 0 saturated heterocycles. The van der Waals surface area contributed by atoms with Gasteiger partial charge in [0, 0.05) is 17.6 Å². The summed E-state index contributed by atoms with van der Waals surface area (Å²) in [6.07, 6.45) is 4.46. The zero-order chi connectivity index (χ0) is 23.3. The molecule has 32 heavy (non-hydrogen) atoms. The van der Waals surface area contributed by atoms with Gasteiger partial charge in [-0.1, -0.05) is 23.3 Å².